The first-order valence-electron chi connectivity index (χ1n) is 13.9. The number of carbonyl (C=O) groups is 2. The number of ether oxygens (including phenoxy) is 2. The normalized spacial score (nSPS) is 16.8. The van der Waals surface area contributed by atoms with E-state index in [1.54, 1.807) is 0 Å². The van der Waals surface area contributed by atoms with Gasteiger partial charge in [-0.2, -0.15) is 0 Å². The molecular formula is C33H39NO4. The van der Waals surface area contributed by atoms with Gasteiger partial charge in [0.2, 0.25) is 0 Å². The Balaban J connectivity index is 0.000000177. The largest absolute Gasteiger partial charge is 0.489 e. The van der Waals surface area contributed by atoms with Crippen LogP contribution in [0.4, 0.5) is 0 Å². The molecule has 1 atom stereocenters. The lowest BCUT2D eigenvalue weighted by Crippen LogP contribution is -2.37. The fourth-order valence-corrected chi connectivity index (χ4v) is 5.00. The number of hydrogen-bond donors (Lipinski definition) is 0. The van der Waals surface area contributed by atoms with Gasteiger partial charge >= 0.3 is 5.97 Å². The number of likely N-dealkylation sites (tertiary alicyclic amines) is 1. The minimum absolute atomic E-state index is 0.0183. The fourth-order valence-electron chi connectivity index (χ4n) is 5.00. The number of nitrogens with zero attached hydrogens (tertiary/aromatic N) is 1. The molecule has 0 radical (unpaired) electrons. The number of ketones is 1. The molecule has 1 unspecified atom stereocenters. The van der Waals surface area contributed by atoms with E-state index in [1.807, 2.05) is 78.9 Å². The zero-order valence-corrected chi connectivity index (χ0v) is 22.4. The lowest BCUT2D eigenvalue weighted by atomic mass is 9.90. The Morgan fingerprint density at radius 3 is 2.32 bits per heavy atom. The van der Waals surface area contributed by atoms with Crippen LogP contribution in [-0.4, -0.2) is 35.8 Å². The molecule has 0 saturated carbocycles. The van der Waals surface area contributed by atoms with Crippen LogP contribution in [0.15, 0.2) is 78.9 Å². The average molecular weight is 514 g/mol. The third-order valence-corrected chi connectivity index (χ3v) is 7.13. The molecule has 5 rings (SSSR count). The predicted molar refractivity (Wildman–Crippen MR) is 150 cm³/mol. The van der Waals surface area contributed by atoms with Crippen molar-refractivity contribution in [3.05, 3.63) is 101 Å². The molecule has 1 aliphatic heterocycles. The molecule has 1 heterocycles. The van der Waals surface area contributed by atoms with Gasteiger partial charge in [0.05, 0.1) is 0 Å². The van der Waals surface area contributed by atoms with Gasteiger partial charge in [-0.3, -0.25) is 14.5 Å². The molecule has 0 amide bonds. The van der Waals surface area contributed by atoms with E-state index < -0.39 is 0 Å². The molecule has 5 heteroatoms. The Morgan fingerprint density at radius 2 is 1.61 bits per heavy atom. The maximum absolute atomic E-state index is 12.1. The van der Waals surface area contributed by atoms with Gasteiger partial charge in [0.15, 0.2) is 5.78 Å². The summed E-state index contributed by atoms with van der Waals surface area (Å²) in [6.45, 7) is 5.18. The number of hydrogen-bond acceptors (Lipinski definition) is 5. The number of esters is 1. The van der Waals surface area contributed by atoms with E-state index in [-0.39, 0.29) is 17.8 Å². The van der Waals surface area contributed by atoms with Crippen LogP contribution in [0.5, 0.6) is 5.75 Å². The van der Waals surface area contributed by atoms with Crippen molar-refractivity contribution in [2.75, 3.05) is 13.1 Å². The van der Waals surface area contributed by atoms with E-state index in [0.717, 1.165) is 73.2 Å². The molecule has 0 N–H and O–H groups in total. The number of rotatable bonds is 9. The molecule has 5 nitrogen and oxygen atoms in total. The van der Waals surface area contributed by atoms with Crippen LogP contribution in [0.25, 0.3) is 0 Å². The number of fused-ring (bicyclic) bond motifs is 1. The molecule has 0 spiro atoms. The second-order valence-electron chi connectivity index (χ2n) is 10.0. The van der Waals surface area contributed by atoms with Crippen molar-refractivity contribution in [2.45, 2.75) is 71.1 Å². The molecule has 0 bridgehead atoms. The highest BCUT2D eigenvalue weighted by atomic mass is 16.5. The second-order valence-corrected chi connectivity index (χ2v) is 10.0. The molecule has 2 aliphatic rings. The second kappa shape index (κ2) is 14.5. The van der Waals surface area contributed by atoms with Crippen molar-refractivity contribution >= 4 is 11.8 Å². The highest BCUT2D eigenvalue weighted by Gasteiger charge is 2.31. The summed E-state index contributed by atoms with van der Waals surface area (Å²) >= 11 is 0. The summed E-state index contributed by atoms with van der Waals surface area (Å²) in [5, 5.41) is 0. The molecule has 1 saturated heterocycles. The highest BCUT2D eigenvalue weighted by Crippen LogP contribution is 2.26. The van der Waals surface area contributed by atoms with Crippen LogP contribution in [0.1, 0.15) is 72.5 Å². The third kappa shape index (κ3) is 8.03. The van der Waals surface area contributed by atoms with E-state index in [9.17, 15) is 9.59 Å². The van der Waals surface area contributed by atoms with Crippen LogP contribution in [0, 0.1) is 0 Å². The van der Waals surface area contributed by atoms with Crippen LogP contribution >= 0.6 is 0 Å². The molecule has 0 aromatic heterocycles. The molecule has 1 fully saturated rings. The van der Waals surface area contributed by atoms with Crippen LogP contribution < -0.4 is 4.74 Å². The zero-order chi connectivity index (χ0) is 26.6. The molecule has 3 aromatic carbocycles. The van der Waals surface area contributed by atoms with Crippen LogP contribution in [0.3, 0.4) is 0 Å². The van der Waals surface area contributed by atoms with Gasteiger partial charge in [-0.25, -0.2) is 0 Å². The van der Waals surface area contributed by atoms with E-state index in [0.29, 0.717) is 19.6 Å². The minimum Gasteiger partial charge on any atom is -0.489 e. The highest BCUT2D eigenvalue weighted by molar-refractivity contribution is 5.98. The van der Waals surface area contributed by atoms with Crippen molar-refractivity contribution in [1.82, 2.24) is 4.90 Å². The van der Waals surface area contributed by atoms with Gasteiger partial charge in [0, 0.05) is 12.0 Å². The number of carbonyl (C=O) groups excluding carboxylic acids is 2. The van der Waals surface area contributed by atoms with Crippen LogP contribution in [-0.2, 0) is 29.2 Å². The quantitative estimate of drug-likeness (QED) is 0.295. The Hall–Kier alpha value is -3.44. The van der Waals surface area contributed by atoms with E-state index in [1.165, 1.54) is 6.42 Å². The molecule has 200 valence electrons. The van der Waals surface area contributed by atoms with Crippen molar-refractivity contribution in [3.63, 3.8) is 0 Å². The molecule has 3 aromatic rings. The maximum Gasteiger partial charge on any atom is 0.323 e. The van der Waals surface area contributed by atoms with E-state index >= 15 is 0 Å². The summed E-state index contributed by atoms with van der Waals surface area (Å²) in [7, 11) is 0. The topological polar surface area (TPSA) is 55.8 Å². The van der Waals surface area contributed by atoms with Gasteiger partial charge in [-0.1, -0.05) is 74.0 Å². The first-order chi connectivity index (χ1) is 18.6. The van der Waals surface area contributed by atoms with Gasteiger partial charge in [-0.15, -0.1) is 0 Å². The first kappa shape index (κ1) is 27.6. The maximum atomic E-state index is 12.1. The monoisotopic (exact) mass is 513 g/mol. The lowest BCUT2D eigenvalue weighted by Gasteiger charge is -2.22. The summed E-state index contributed by atoms with van der Waals surface area (Å²) in [5.41, 5.74) is 4.20. The average Bonchev–Trinajstić information content (AvgIpc) is 3.44. The van der Waals surface area contributed by atoms with Gasteiger partial charge < -0.3 is 9.47 Å². The first-order valence-corrected chi connectivity index (χ1v) is 13.9. The molecule has 38 heavy (non-hydrogen) atoms. The standard InChI is InChI=1S/C17H16O2.C16H23NO2/c18-17-8-4-7-14-11-15(9-10-16(14)17)19-12-13-5-2-1-3-6-13;1-2-3-11-17-12-7-10-15(17)16(18)19-13-14-8-5-4-6-9-14/h1-3,5-6,9-11H,4,7-8,12H2;4-6,8-9,15H,2-3,7,10-13H2,1H3. The fraction of sp³-hybridized carbons (Fsp3) is 0.394. The van der Waals surface area contributed by atoms with Crippen molar-refractivity contribution in [2.24, 2.45) is 0 Å². The summed E-state index contributed by atoms with van der Waals surface area (Å²) in [6.07, 6.45) is 6.98. The van der Waals surface area contributed by atoms with E-state index in [4.69, 9.17) is 9.47 Å². The zero-order valence-electron chi connectivity index (χ0n) is 22.4. The smallest absolute Gasteiger partial charge is 0.323 e. The van der Waals surface area contributed by atoms with Crippen LogP contribution in [0.2, 0.25) is 0 Å². The predicted octanol–water partition coefficient (Wildman–Crippen LogP) is 6.78. The van der Waals surface area contributed by atoms with E-state index in [2.05, 4.69) is 11.8 Å². The Bertz CT molecular complexity index is 1160. The summed E-state index contributed by atoms with van der Waals surface area (Å²) in [6, 6.07) is 25.7. The minimum atomic E-state index is -0.0579. The van der Waals surface area contributed by atoms with Crippen molar-refractivity contribution < 1.29 is 19.1 Å². The van der Waals surface area contributed by atoms with Crippen molar-refractivity contribution in [3.8, 4) is 5.75 Å². The third-order valence-electron chi connectivity index (χ3n) is 7.13. The Labute approximate surface area is 226 Å². The summed E-state index contributed by atoms with van der Waals surface area (Å²) < 4.78 is 11.2. The SMILES string of the molecule is CCCCN1CCCC1C(=O)OCc1ccccc1.O=C1CCCc2cc(OCc3ccccc3)ccc21. The number of Topliss-reactive ketones (excluding diaryl/α,β-unsaturated/α-hetero) is 1. The summed E-state index contributed by atoms with van der Waals surface area (Å²) in [4.78, 5) is 26.1. The number of aryl methyl sites for hydroxylation is 1. The molecule has 1 aliphatic carbocycles. The number of benzene rings is 3. The van der Waals surface area contributed by atoms with Gasteiger partial charge in [-0.05, 0) is 80.1 Å². The van der Waals surface area contributed by atoms with Crippen molar-refractivity contribution in [1.29, 1.82) is 0 Å². The lowest BCUT2D eigenvalue weighted by molar-refractivity contribution is -0.150. The Morgan fingerprint density at radius 1 is 0.895 bits per heavy atom. The molecular weight excluding hydrogens is 474 g/mol. The number of unbranched alkanes of at least 4 members (excludes halogenated alkanes) is 1. The summed E-state index contributed by atoms with van der Waals surface area (Å²) in [5.74, 6) is 1.05. The Kier molecular flexibility index (Phi) is 10.5. The van der Waals surface area contributed by atoms with Gasteiger partial charge in [0.25, 0.3) is 0 Å². The van der Waals surface area contributed by atoms with Gasteiger partial charge in [0.1, 0.15) is 25.0 Å².